The summed E-state index contributed by atoms with van der Waals surface area (Å²) in [6, 6.07) is 18.0. The number of terminal acetylenes is 2. The van der Waals surface area contributed by atoms with Gasteiger partial charge in [0.25, 0.3) is 0 Å². The summed E-state index contributed by atoms with van der Waals surface area (Å²) in [5.41, 5.74) is -0.910. The van der Waals surface area contributed by atoms with E-state index in [-0.39, 0.29) is 71.9 Å². The molecule has 0 spiro atoms. The van der Waals surface area contributed by atoms with Gasteiger partial charge >= 0.3 is 36.1 Å². The van der Waals surface area contributed by atoms with E-state index in [0.717, 1.165) is 58.4 Å². The lowest BCUT2D eigenvalue weighted by Crippen LogP contribution is -3.00. The van der Waals surface area contributed by atoms with Gasteiger partial charge in [-0.15, -0.1) is 12.8 Å². The molecular weight excluding hydrogens is 1350 g/mol. The van der Waals surface area contributed by atoms with Crippen LogP contribution in [0, 0.1) is 154 Å². The zero-order chi connectivity index (χ0) is 70.2. The van der Waals surface area contributed by atoms with Crippen molar-refractivity contribution in [3.63, 3.8) is 0 Å². The van der Waals surface area contributed by atoms with Gasteiger partial charge in [0.1, 0.15) is 40.4 Å². The molecule has 4 atom stereocenters. The van der Waals surface area contributed by atoms with Crippen LogP contribution in [0.1, 0.15) is 146 Å². The highest BCUT2D eigenvalue weighted by atomic mass is 79.9. The normalized spacial score (nSPS) is 18.0. The van der Waals surface area contributed by atoms with Gasteiger partial charge in [0.15, 0.2) is 24.7 Å². The largest absolute Gasteiger partial charge is 1.00 e. The Hall–Kier alpha value is -9.61. The van der Waals surface area contributed by atoms with Crippen LogP contribution in [0.3, 0.4) is 0 Å². The maximum Gasteiger partial charge on any atom is 0.408 e. The van der Waals surface area contributed by atoms with Crippen molar-refractivity contribution in [2.24, 2.45) is 11.8 Å². The van der Waals surface area contributed by atoms with Crippen LogP contribution < -0.4 is 27.6 Å². The smallest absolute Gasteiger partial charge is 0.408 e. The Bertz CT molecular complexity index is 3570. The van der Waals surface area contributed by atoms with Crippen molar-refractivity contribution in [2.45, 2.75) is 170 Å². The molecule has 6 aliphatic rings. The summed E-state index contributed by atoms with van der Waals surface area (Å²) in [5.74, 6) is 47.5. The van der Waals surface area contributed by atoms with Crippen LogP contribution in [-0.4, -0.2) is 131 Å². The molecular formula is C77H87Br2N5O12. The Morgan fingerprint density at radius 2 is 0.844 bits per heavy atom. The zero-order valence-corrected chi connectivity index (χ0v) is 59.5. The monoisotopic (exact) mass is 1430 g/mol. The number of fused-ring (bicyclic) bond motifs is 6. The van der Waals surface area contributed by atoms with Gasteiger partial charge in [-0.2, -0.15) is 5.26 Å². The van der Waals surface area contributed by atoms with Crippen LogP contribution in [0.15, 0.2) is 60.7 Å². The van der Waals surface area contributed by atoms with E-state index in [1.807, 2.05) is 77.9 Å². The summed E-state index contributed by atoms with van der Waals surface area (Å²) in [6.45, 7) is 28.7. The van der Waals surface area contributed by atoms with Crippen LogP contribution in [-0.2, 0) is 47.6 Å². The van der Waals surface area contributed by atoms with E-state index in [2.05, 4.69) is 150 Å². The second kappa shape index (κ2) is 44.9. The topological polar surface area (TPSA) is 209 Å². The van der Waals surface area contributed by atoms with E-state index in [9.17, 15) is 28.8 Å². The average Bonchev–Trinajstić information content (AvgIpc) is 0.775. The van der Waals surface area contributed by atoms with E-state index < -0.39 is 53.0 Å². The predicted octanol–water partition coefficient (Wildman–Crippen LogP) is 6.81. The van der Waals surface area contributed by atoms with Gasteiger partial charge in [-0.3, -0.25) is 9.69 Å². The third-order valence-electron chi connectivity index (χ3n) is 12.9. The molecule has 2 aromatic carbocycles. The third-order valence-corrected chi connectivity index (χ3v) is 13.3. The standard InChI is InChI=1S/C26H38N2O6.C22H2.C20H28N2O4.C6H11BrO2.C2H3N.CH4.BrH/c1-25(2,3)33-21(29)17-28-14-12-18(13-15-28)20(16-28)32-23(30)22(19-10-8-7-9-11-19)27-24(31)34-26(4,5)6;1-3-5-7-9-11-13-15-17-19-21-22-20-18-16-14-12-10-8-6-4-2;1-20(2,3)26-19(24)21-17(15-7-5-4-6-8-15)18(23)25-16-13-22-11-9-14(16)10-12-22;1-6(2,3)9-5(8)4-7;1-2-3;;/h7-11,18,20,22H,12-17H2,1-6H3;1-2H;4-8,14,16-17H,9-13H2,1-3H3,(H,21,24);4H2,1-3H3;1H3;1H4;1H/t18?,20-,22?,28?;;16-,17?;;;;/m0.0..../s1. The van der Waals surface area contributed by atoms with Crippen molar-refractivity contribution in [1.82, 2.24) is 15.5 Å². The maximum absolute atomic E-state index is 13.3. The van der Waals surface area contributed by atoms with E-state index in [0.29, 0.717) is 28.1 Å². The highest BCUT2D eigenvalue weighted by molar-refractivity contribution is 9.09. The Kier molecular flexibility index (Phi) is 40.4. The number of nitrogens with one attached hydrogen (secondary N) is 2. The number of quaternary nitrogens is 1. The fraction of sp³-hybridized carbons (Fsp3) is 0.468. The van der Waals surface area contributed by atoms with Crippen LogP contribution >= 0.6 is 15.9 Å². The van der Waals surface area contributed by atoms with Crippen LogP contribution in [0.4, 0.5) is 9.59 Å². The number of carbonyl (C=O) groups is 6. The molecule has 0 aromatic heterocycles. The molecule has 2 amide bonds. The fourth-order valence-electron chi connectivity index (χ4n) is 9.34. The molecule has 0 aliphatic carbocycles. The first-order valence-electron chi connectivity index (χ1n) is 30.1. The number of nitrogens with zero attached hydrogens (tertiary/aromatic N) is 3. The summed E-state index contributed by atoms with van der Waals surface area (Å²) in [4.78, 5) is 76.3. The number of alkyl carbamates (subject to hydrolysis) is 2. The Balaban J connectivity index is 0.00000131. The van der Waals surface area contributed by atoms with Crippen molar-refractivity contribution in [3.05, 3.63) is 71.8 Å². The van der Waals surface area contributed by atoms with E-state index >= 15 is 0 Å². The lowest BCUT2D eigenvalue weighted by Gasteiger charge is -2.51. The summed E-state index contributed by atoms with van der Waals surface area (Å²) in [6.07, 6.45) is 12.0. The van der Waals surface area contributed by atoms with Gasteiger partial charge in [0.2, 0.25) is 0 Å². The highest BCUT2D eigenvalue weighted by Crippen LogP contribution is 2.37. The van der Waals surface area contributed by atoms with Crippen LogP contribution in [0.25, 0.3) is 0 Å². The number of nitriles is 1. The first-order chi connectivity index (χ1) is 44.4. The number of esters is 4. The molecule has 2 aromatic rings. The lowest BCUT2D eigenvalue weighted by molar-refractivity contribution is -0.939. The van der Waals surface area contributed by atoms with E-state index in [1.165, 1.54) is 6.92 Å². The molecule has 19 heteroatoms. The zero-order valence-electron chi connectivity index (χ0n) is 56.4. The quantitative estimate of drug-likeness (QED) is 0.0779. The molecule has 506 valence electrons. The molecule has 6 saturated heterocycles. The first-order valence-corrected chi connectivity index (χ1v) is 31.3. The Morgan fingerprint density at radius 3 is 1.14 bits per heavy atom. The van der Waals surface area contributed by atoms with Crippen molar-refractivity contribution < 1.29 is 78.7 Å². The molecule has 6 aliphatic heterocycles. The number of hydrogen-bond donors (Lipinski definition) is 2. The van der Waals surface area contributed by atoms with Gasteiger partial charge in [-0.05, 0) is 221 Å². The number of benzene rings is 2. The number of alkyl halides is 1. The molecule has 6 fully saturated rings. The van der Waals surface area contributed by atoms with Crippen molar-refractivity contribution in [2.75, 3.05) is 51.1 Å². The number of halogens is 2. The number of carbonyl (C=O) groups excluding carboxylic acids is 6. The Morgan fingerprint density at radius 1 is 0.531 bits per heavy atom. The second-order valence-electron chi connectivity index (χ2n) is 25.1. The van der Waals surface area contributed by atoms with Gasteiger partial charge < -0.3 is 60.5 Å². The number of hydrogen-bond acceptors (Lipinski definition) is 14. The molecule has 8 rings (SSSR count). The lowest BCUT2D eigenvalue weighted by atomic mass is 9.83. The summed E-state index contributed by atoms with van der Waals surface area (Å²) >= 11 is 2.99. The van der Waals surface area contributed by atoms with E-state index in [1.54, 1.807) is 71.9 Å². The summed E-state index contributed by atoms with van der Waals surface area (Å²) in [5, 5.41) is 12.9. The average molecular weight is 1430 g/mol. The highest BCUT2D eigenvalue weighted by Gasteiger charge is 2.50. The van der Waals surface area contributed by atoms with Gasteiger partial charge in [-0.1, -0.05) is 84.0 Å². The molecule has 2 N–H and O–H groups in total. The van der Waals surface area contributed by atoms with Gasteiger partial charge in [0, 0.05) is 55.9 Å². The molecule has 17 nitrogen and oxygen atoms in total. The van der Waals surface area contributed by atoms with Crippen LogP contribution in [0.5, 0.6) is 0 Å². The maximum atomic E-state index is 13.3. The first kappa shape index (κ1) is 86.4. The second-order valence-corrected chi connectivity index (χ2v) is 25.7. The SMILES string of the molecule is C.C#CC#CC#CC#CC#CC#CC#CC#CC#CC#CC#C.CC#N.CC(C)(C)OC(=O)CBr.CC(C)(C)OC(=O)C[N+]12CCC(CC1)[C@@H](OC(=O)C(NC(=O)OC(C)(C)C)c1ccccc1)C2.CC(C)(C)OC(=O)NC(C(=O)O[C@H]1CN2CCC1CC2)c1ccccc1.[Br-]. The molecule has 4 bridgehead atoms. The molecule has 96 heavy (non-hydrogen) atoms. The predicted molar refractivity (Wildman–Crippen MR) is 370 cm³/mol. The van der Waals surface area contributed by atoms with Crippen molar-refractivity contribution in [3.8, 4) is 137 Å². The van der Waals surface area contributed by atoms with Crippen LogP contribution in [0.2, 0.25) is 0 Å². The minimum atomic E-state index is -0.981. The molecule has 2 unspecified atom stereocenters. The molecule has 0 radical (unpaired) electrons. The minimum Gasteiger partial charge on any atom is -1.00 e. The van der Waals surface area contributed by atoms with E-state index in [4.69, 9.17) is 46.5 Å². The van der Waals surface area contributed by atoms with Crippen molar-refractivity contribution in [1.29, 1.82) is 5.26 Å². The van der Waals surface area contributed by atoms with Crippen molar-refractivity contribution >= 4 is 52.0 Å². The third kappa shape index (κ3) is 38.5. The fourth-order valence-corrected chi connectivity index (χ4v) is 9.46. The number of rotatable bonds is 11. The minimum absolute atomic E-state index is 0. The van der Waals surface area contributed by atoms with Gasteiger partial charge in [0.05, 0.1) is 19.2 Å². The van der Waals surface area contributed by atoms with Gasteiger partial charge in [-0.25, -0.2) is 24.0 Å². The number of amides is 2. The summed E-state index contributed by atoms with van der Waals surface area (Å²) in [7, 11) is 0. The summed E-state index contributed by atoms with van der Waals surface area (Å²) < 4.78 is 33.5. The number of piperidine rings is 6. The number of ether oxygens (including phenoxy) is 6. The Labute approximate surface area is 589 Å². The molecule has 0 saturated carbocycles. The molecule has 6 heterocycles.